The van der Waals surface area contributed by atoms with Gasteiger partial charge in [-0.15, -0.1) is 0 Å². The molecule has 24 heavy (non-hydrogen) atoms. The van der Waals surface area contributed by atoms with E-state index in [1.165, 1.54) is 12.8 Å². The second-order valence-corrected chi connectivity index (χ2v) is 5.82. The number of carbonyl (C=O) groups excluding carboxylic acids is 1. The molecule has 0 spiro atoms. The minimum Gasteiger partial charge on any atom is -0.493 e. The molecule has 0 aromatic heterocycles. The smallest absolute Gasteiger partial charge is 0.234 e. The van der Waals surface area contributed by atoms with Gasteiger partial charge in [0.25, 0.3) is 0 Å². The molecule has 1 fully saturated rings. The monoisotopic (exact) mass is 331 g/mol. The van der Waals surface area contributed by atoms with Crippen LogP contribution >= 0.6 is 0 Å². The zero-order valence-electron chi connectivity index (χ0n) is 14.2. The second kappa shape index (κ2) is 9.78. The highest BCUT2D eigenvalue weighted by atomic mass is 16.5. The van der Waals surface area contributed by atoms with Gasteiger partial charge in [-0.2, -0.15) is 5.26 Å². The van der Waals surface area contributed by atoms with Gasteiger partial charge < -0.3 is 14.8 Å². The molecular weight excluding hydrogens is 306 g/mol. The van der Waals surface area contributed by atoms with E-state index in [0.717, 1.165) is 30.9 Å². The number of ether oxygens (including phenoxy) is 2. The van der Waals surface area contributed by atoms with E-state index in [4.69, 9.17) is 14.7 Å². The van der Waals surface area contributed by atoms with Gasteiger partial charge in [-0.25, -0.2) is 0 Å². The lowest BCUT2D eigenvalue weighted by Crippen LogP contribution is -2.25. The van der Waals surface area contributed by atoms with Crippen LogP contribution in [0, 0.1) is 11.3 Å². The van der Waals surface area contributed by atoms with E-state index < -0.39 is 0 Å². The molecule has 1 aromatic carbocycles. The van der Waals surface area contributed by atoms with E-state index in [0.29, 0.717) is 25.3 Å². The second-order valence-electron chi connectivity index (χ2n) is 5.82. The number of benzene rings is 1. The Bertz CT molecular complexity index is 577. The topological polar surface area (TPSA) is 74.6 Å². The van der Waals surface area contributed by atoms with E-state index in [2.05, 4.69) is 10.2 Å². The van der Waals surface area contributed by atoms with Crippen molar-refractivity contribution in [3.63, 3.8) is 0 Å². The average Bonchev–Trinajstić information content (AvgIpc) is 3.09. The summed E-state index contributed by atoms with van der Waals surface area (Å²) in [6.45, 7) is 4.42. The number of rotatable bonds is 9. The van der Waals surface area contributed by atoms with Crippen molar-refractivity contribution >= 4 is 5.91 Å². The Balaban J connectivity index is 1.80. The normalized spacial score (nSPS) is 14.2. The fourth-order valence-corrected chi connectivity index (χ4v) is 2.76. The Morgan fingerprint density at radius 2 is 2.12 bits per heavy atom. The van der Waals surface area contributed by atoms with Crippen LogP contribution in [0.5, 0.6) is 11.5 Å². The molecule has 0 saturated carbocycles. The molecule has 0 unspecified atom stereocenters. The van der Waals surface area contributed by atoms with Gasteiger partial charge in [0.15, 0.2) is 11.5 Å². The van der Waals surface area contributed by atoms with Crippen molar-refractivity contribution in [3.8, 4) is 17.6 Å². The molecule has 2 rings (SSSR count). The van der Waals surface area contributed by atoms with Crippen molar-refractivity contribution in [1.29, 1.82) is 5.26 Å². The molecule has 0 radical (unpaired) electrons. The van der Waals surface area contributed by atoms with E-state index in [9.17, 15) is 4.79 Å². The predicted molar refractivity (Wildman–Crippen MR) is 91.1 cm³/mol. The molecule has 130 valence electrons. The van der Waals surface area contributed by atoms with Crippen LogP contribution < -0.4 is 14.8 Å². The number of nitriles is 1. The molecule has 6 heteroatoms. The molecule has 1 saturated heterocycles. The maximum Gasteiger partial charge on any atom is 0.234 e. The Hall–Kier alpha value is -2.26. The Labute approximate surface area is 143 Å². The predicted octanol–water partition coefficient (Wildman–Crippen LogP) is 1.74. The number of methoxy groups -OCH3 is 1. The average molecular weight is 331 g/mol. The number of hydrogen-bond donors (Lipinski definition) is 1. The molecule has 0 atom stereocenters. The van der Waals surface area contributed by atoms with Crippen LogP contribution in [0.25, 0.3) is 0 Å². The number of likely N-dealkylation sites (tertiary alicyclic amines) is 1. The summed E-state index contributed by atoms with van der Waals surface area (Å²) in [5.41, 5.74) is 1.05. The largest absolute Gasteiger partial charge is 0.493 e. The van der Waals surface area contributed by atoms with Crippen molar-refractivity contribution in [2.45, 2.75) is 25.7 Å². The first-order chi connectivity index (χ1) is 11.7. The van der Waals surface area contributed by atoms with E-state index in [1.807, 2.05) is 24.3 Å². The van der Waals surface area contributed by atoms with Gasteiger partial charge in [0.05, 0.1) is 13.2 Å². The van der Waals surface area contributed by atoms with Gasteiger partial charge in [0.1, 0.15) is 13.0 Å². The lowest BCUT2D eigenvalue weighted by atomic mass is 10.1. The molecule has 1 aliphatic rings. The number of carbonyl (C=O) groups is 1. The maximum atomic E-state index is 11.3. The fraction of sp³-hybridized carbons (Fsp3) is 0.556. The SMILES string of the molecule is COc1cc(CCNC(=O)CC#N)ccc1OCCN1CCCC1. The molecule has 6 nitrogen and oxygen atoms in total. The van der Waals surface area contributed by atoms with Crippen molar-refractivity contribution in [3.05, 3.63) is 23.8 Å². The first-order valence-electron chi connectivity index (χ1n) is 8.38. The highest BCUT2D eigenvalue weighted by Gasteiger charge is 2.12. The highest BCUT2D eigenvalue weighted by Crippen LogP contribution is 2.28. The zero-order valence-corrected chi connectivity index (χ0v) is 14.2. The van der Waals surface area contributed by atoms with Crippen LogP contribution in [0.3, 0.4) is 0 Å². The van der Waals surface area contributed by atoms with E-state index in [1.54, 1.807) is 7.11 Å². The van der Waals surface area contributed by atoms with Crippen LogP contribution in [0.15, 0.2) is 18.2 Å². The van der Waals surface area contributed by atoms with Gasteiger partial charge in [-0.3, -0.25) is 9.69 Å². The highest BCUT2D eigenvalue weighted by molar-refractivity contribution is 5.77. The Morgan fingerprint density at radius 3 is 2.83 bits per heavy atom. The summed E-state index contributed by atoms with van der Waals surface area (Å²) in [6.07, 6.45) is 3.14. The minimum absolute atomic E-state index is 0.104. The van der Waals surface area contributed by atoms with Crippen LogP contribution in [-0.2, 0) is 11.2 Å². The molecule has 1 aromatic rings. The lowest BCUT2D eigenvalue weighted by molar-refractivity contribution is -0.120. The fourth-order valence-electron chi connectivity index (χ4n) is 2.76. The minimum atomic E-state index is -0.244. The van der Waals surface area contributed by atoms with Crippen LogP contribution in [0.2, 0.25) is 0 Å². The Kier molecular flexibility index (Phi) is 7.37. The van der Waals surface area contributed by atoms with Crippen molar-refractivity contribution < 1.29 is 14.3 Å². The molecular formula is C18H25N3O3. The first-order valence-corrected chi connectivity index (χ1v) is 8.38. The molecule has 1 heterocycles. The summed E-state index contributed by atoms with van der Waals surface area (Å²) >= 11 is 0. The van der Waals surface area contributed by atoms with Crippen molar-refractivity contribution in [2.24, 2.45) is 0 Å². The molecule has 1 N–H and O–H groups in total. The zero-order chi connectivity index (χ0) is 17.2. The van der Waals surface area contributed by atoms with Crippen molar-refractivity contribution in [1.82, 2.24) is 10.2 Å². The summed E-state index contributed by atoms with van der Waals surface area (Å²) in [7, 11) is 1.63. The summed E-state index contributed by atoms with van der Waals surface area (Å²) in [6, 6.07) is 7.65. The van der Waals surface area contributed by atoms with E-state index >= 15 is 0 Å². The molecule has 1 aliphatic heterocycles. The number of nitrogens with one attached hydrogen (secondary N) is 1. The number of amides is 1. The summed E-state index contributed by atoms with van der Waals surface area (Å²) in [5, 5.41) is 11.2. The van der Waals surface area contributed by atoms with Gasteiger partial charge in [-0.05, 0) is 50.0 Å². The maximum absolute atomic E-state index is 11.3. The Morgan fingerprint density at radius 1 is 1.33 bits per heavy atom. The number of nitrogens with zero attached hydrogens (tertiary/aromatic N) is 2. The molecule has 0 aliphatic carbocycles. The van der Waals surface area contributed by atoms with Gasteiger partial charge >= 0.3 is 0 Å². The van der Waals surface area contributed by atoms with Gasteiger partial charge in [0.2, 0.25) is 5.91 Å². The summed E-state index contributed by atoms with van der Waals surface area (Å²) < 4.78 is 11.3. The van der Waals surface area contributed by atoms with Crippen LogP contribution in [0.1, 0.15) is 24.8 Å². The van der Waals surface area contributed by atoms with Gasteiger partial charge in [0, 0.05) is 13.1 Å². The summed E-state index contributed by atoms with van der Waals surface area (Å²) in [5.74, 6) is 1.21. The first kappa shape index (κ1) is 18.1. The third-order valence-electron chi connectivity index (χ3n) is 4.07. The van der Waals surface area contributed by atoms with Crippen LogP contribution in [0.4, 0.5) is 0 Å². The van der Waals surface area contributed by atoms with Crippen LogP contribution in [-0.4, -0.2) is 50.7 Å². The molecule has 1 amide bonds. The third-order valence-corrected chi connectivity index (χ3v) is 4.07. The standard InChI is InChI=1S/C18H25N3O3/c1-23-17-14-15(7-9-20-18(22)6-8-19)4-5-16(17)24-13-12-21-10-2-3-11-21/h4-5,14H,2-3,6-7,9-13H2,1H3,(H,20,22). The quantitative estimate of drug-likeness (QED) is 0.746. The molecule has 0 bridgehead atoms. The lowest BCUT2D eigenvalue weighted by Gasteiger charge is -2.16. The number of hydrogen-bond acceptors (Lipinski definition) is 5. The van der Waals surface area contributed by atoms with E-state index in [-0.39, 0.29) is 12.3 Å². The van der Waals surface area contributed by atoms with Gasteiger partial charge in [-0.1, -0.05) is 6.07 Å². The third kappa shape index (κ3) is 5.74. The van der Waals surface area contributed by atoms with Crippen molar-refractivity contribution in [2.75, 3.05) is 39.9 Å². The summed E-state index contributed by atoms with van der Waals surface area (Å²) in [4.78, 5) is 13.7.